The fourth-order valence-electron chi connectivity index (χ4n) is 4.16. The molecule has 0 unspecified atom stereocenters. The molecule has 3 heterocycles. The van der Waals surface area contributed by atoms with Gasteiger partial charge in [0, 0.05) is 47.0 Å². The Morgan fingerprint density at radius 2 is 0.968 bits per heavy atom. The second-order valence-electron chi connectivity index (χ2n) is 7.55. The van der Waals surface area contributed by atoms with E-state index in [9.17, 15) is 0 Å². The number of fused-ring (bicyclic) bond motifs is 5. The number of hydrogen-bond donors (Lipinski definition) is 0. The summed E-state index contributed by atoms with van der Waals surface area (Å²) in [5.41, 5.74) is 8.88. The fraction of sp³-hybridized carbons (Fsp3) is 0. The first kappa shape index (κ1) is 17.6. The molecule has 31 heavy (non-hydrogen) atoms. The summed E-state index contributed by atoms with van der Waals surface area (Å²) in [5.74, 6) is 1.71. The first-order chi connectivity index (χ1) is 15.4. The molecular weight excluding hydrogens is 380 g/mol. The first-order valence-electron chi connectivity index (χ1n) is 10.2. The Morgan fingerprint density at radius 3 is 1.42 bits per heavy atom. The summed E-state index contributed by atoms with van der Waals surface area (Å²) in [6.45, 7) is 0. The van der Waals surface area contributed by atoms with Gasteiger partial charge in [0.05, 0.1) is 0 Å². The molecule has 0 atom stereocenters. The van der Waals surface area contributed by atoms with Crippen molar-refractivity contribution in [3.63, 3.8) is 0 Å². The molecule has 0 amide bonds. The Balaban J connectivity index is 1.56. The predicted octanol–water partition coefficient (Wildman–Crippen LogP) is 7.25. The third-order valence-corrected chi connectivity index (χ3v) is 5.68. The zero-order valence-corrected chi connectivity index (χ0v) is 16.7. The number of rotatable bonds is 2. The highest BCUT2D eigenvalue weighted by Crippen LogP contribution is 2.48. The fourth-order valence-corrected chi connectivity index (χ4v) is 4.16. The van der Waals surface area contributed by atoms with Gasteiger partial charge in [0.25, 0.3) is 0 Å². The maximum absolute atomic E-state index is 6.44. The van der Waals surface area contributed by atoms with Crippen LogP contribution in [0.25, 0.3) is 44.5 Å². The molecule has 0 saturated carbocycles. The minimum atomic E-state index is 0.855. The van der Waals surface area contributed by atoms with Crippen molar-refractivity contribution in [3.8, 4) is 56.0 Å². The van der Waals surface area contributed by atoms with Crippen molar-refractivity contribution in [2.45, 2.75) is 0 Å². The van der Waals surface area contributed by atoms with E-state index in [1.807, 2.05) is 24.5 Å². The number of pyridine rings is 2. The maximum atomic E-state index is 6.44. The lowest BCUT2D eigenvalue weighted by atomic mass is 9.91. The van der Waals surface area contributed by atoms with Gasteiger partial charge in [-0.25, -0.2) is 0 Å². The molecule has 1 aliphatic heterocycles. The van der Waals surface area contributed by atoms with E-state index in [0.29, 0.717) is 0 Å². The molecular formula is C28H18N2O. The highest BCUT2D eigenvalue weighted by Gasteiger charge is 2.21. The monoisotopic (exact) mass is 398 g/mol. The van der Waals surface area contributed by atoms with Crippen LogP contribution >= 0.6 is 0 Å². The minimum absolute atomic E-state index is 0.855. The number of nitrogens with zero attached hydrogens (tertiary/aromatic N) is 2. The minimum Gasteiger partial charge on any atom is -0.456 e. The molecule has 0 fully saturated rings. The summed E-state index contributed by atoms with van der Waals surface area (Å²) >= 11 is 0. The summed E-state index contributed by atoms with van der Waals surface area (Å²) in [7, 11) is 0. The number of benzene rings is 3. The van der Waals surface area contributed by atoms with Crippen LogP contribution in [0.2, 0.25) is 0 Å². The Morgan fingerprint density at radius 1 is 0.452 bits per heavy atom. The largest absolute Gasteiger partial charge is 0.456 e. The van der Waals surface area contributed by atoms with Gasteiger partial charge >= 0.3 is 0 Å². The maximum Gasteiger partial charge on any atom is 0.135 e. The van der Waals surface area contributed by atoms with Crippen LogP contribution in [0.3, 0.4) is 0 Å². The van der Waals surface area contributed by atoms with Crippen molar-refractivity contribution in [1.82, 2.24) is 9.97 Å². The van der Waals surface area contributed by atoms with E-state index in [1.54, 1.807) is 12.4 Å². The van der Waals surface area contributed by atoms with Crippen LogP contribution in [0.1, 0.15) is 0 Å². The highest BCUT2D eigenvalue weighted by molar-refractivity contribution is 5.93. The Bertz CT molecular complexity index is 1290. The molecule has 0 spiro atoms. The Kier molecular flexibility index (Phi) is 4.10. The average molecular weight is 398 g/mol. The molecule has 5 aromatic rings. The van der Waals surface area contributed by atoms with Crippen molar-refractivity contribution in [2.24, 2.45) is 0 Å². The van der Waals surface area contributed by atoms with Crippen LogP contribution in [0.4, 0.5) is 0 Å². The molecule has 0 N–H and O–H groups in total. The Labute approximate surface area is 180 Å². The van der Waals surface area contributed by atoms with Crippen LogP contribution in [-0.4, -0.2) is 9.97 Å². The van der Waals surface area contributed by atoms with Crippen LogP contribution in [0, 0.1) is 0 Å². The number of aromatic nitrogens is 2. The predicted molar refractivity (Wildman–Crippen MR) is 124 cm³/mol. The molecule has 0 saturated heterocycles. The topological polar surface area (TPSA) is 35.0 Å². The van der Waals surface area contributed by atoms with Gasteiger partial charge in [-0.3, -0.25) is 9.97 Å². The van der Waals surface area contributed by atoms with Crippen molar-refractivity contribution < 1.29 is 4.74 Å². The number of hydrogen-bond acceptors (Lipinski definition) is 3. The zero-order chi connectivity index (χ0) is 20.6. The van der Waals surface area contributed by atoms with Gasteiger partial charge in [-0.1, -0.05) is 48.5 Å². The summed E-state index contributed by atoms with van der Waals surface area (Å²) in [4.78, 5) is 8.54. The van der Waals surface area contributed by atoms with E-state index < -0.39 is 0 Å². The lowest BCUT2D eigenvalue weighted by Gasteiger charge is -2.11. The van der Waals surface area contributed by atoms with E-state index >= 15 is 0 Å². The van der Waals surface area contributed by atoms with Gasteiger partial charge in [-0.2, -0.15) is 0 Å². The SMILES string of the molecule is c1cncc(-c2ccc3c(c2)-c2ccccc2-c2cc(-c4cccnc4)ccc2O3)c1. The molecule has 3 heteroatoms. The zero-order valence-electron chi connectivity index (χ0n) is 16.7. The quantitative estimate of drug-likeness (QED) is 0.308. The van der Waals surface area contributed by atoms with Gasteiger partial charge in [-0.05, 0) is 58.7 Å². The first-order valence-corrected chi connectivity index (χ1v) is 10.2. The second-order valence-corrected chi connectivity index (χ2v) is 7.55. The lowest BCUT2D eigenvalue weighted by molar-refractivity contribution is 0.488. The van der Waals surface area contributed by atoms with Gasteiger partial charge in [0.15, 0.2) is 0 Å². The van der Waals surface area contributed by atoms with Crippen molar-refractivity contribution >= 4 is 0 Å². The Hall–Kier alpha value is -4.24. The summed E-state index contributed by atoms with van der Waals surface area (Å²) in [5, 5.41) is 0. The third kappa shape index (κ3) is 3.08. The van der Waals surface area contributed by atoms with Crippen molar-refractivity contribution in [1.29, 1.82) is 0 Å². The third-order valence-electron chi connectivity index (χ3n) is 5.68. The van der Waals surface area contributed by atoms with E-state index in [1.165, 1.54) is 0 Å². The van der Waals surface area contributed by atoms with E-state index in [-0.39, 0.29) is 0 Å². The normalized spacial score (nSPS) is 11.5. The summed E-state index contributed by atoms with van der Waals surface area (Å²) < 4.78 is 6.44. The summed E-state index contributed by atoms with van der Waals surface area (Å²) in [6.07, 6.45) is 7.36. The number of ether oxygens (including phenoxy) is 1. The van der Waals surface area contributed by atoms with Gasteiger partial charge in [-0.15, -0.1) is 0 Å². The average Bonchev–Trinajstić information content (AvgIpc) is 2.99. The van der Waals surface area contributed by atoms with Gasteiger partial charge < -0.3 is 4.74 Å². The summed E-state index contributed by atoms with van der Waals surface area (Å²) in [6, 6.07) is 29.2. The molecule has 6 rings (SSSR count). The molecule has 3 nitrogen and oxygen atoms in total. The van der Waals surface area contributed by atoms with E-state index in [4.69, 9.17) is 4.74 Å². The van der Waals surface area contributed by atoms with Crippen LogP contribution < -0.4 is 4.74 Å². The van der Waals surface area contributed by atoms with Crippen LogP contribution in [-0.2, 0) is 0 Å². The van der Waals surface area contributed by atoms with Crippen molar-refractivity contribution in [3.05, 3.63) is 110 Å². The van der Waals surface area contributed by atoms with Crippen LogP contribution in [0.15, 0.2) is 110 Å². The second kappa shape index (κ2) is 7.22. The molecule has 146 valence electrons. The molecule has 3 aromatic carbocycles. The van der Waals surface area contributed by atoms with E-state index in [2.05, 4.69) is 82.8 Å². The molecule has 1 aliphatic rings. The lowest BCUT2D eigenvalue weighted by Crippen LogP contribution is -1.88. The highest BCUT2D eigenvalue weighted by atomic mass is 16.5. The van der Waals surface area contributed by atoms with Gasteiger partial charge in [0.1, 0.15) is 11.5 Å². The van der Waals surface area contributed by atoms with E-state index in [0.717, 1.165) is 56.0 Å². The smallest absolute Gasteiger partial charge is 0.135 e. The molecule has 2 aromatic heterocycles. The molecule has 0 bridgehead atoms. The van der Waals surface area contributed by atoms with Gasteiger partial charge in [0.2, 0.25) is 0 Å². The van der Waals surface area contributed by atoms with Crippen molar-refractivity contribution in [2.75, 3.05) is 0 Å². The van der Waals surface area contributed by atoms with Crippen LogP contribution in [0.5, 0.6) is 11.5 Å². The molecule has 0 radical (unpaired) electrons. The standard InChI is InChI=1S/C28H18N2O/c1-2-8-24-23(7-1)25-15-19(21-5-3-13-29-17-21)9-11-27(25)31-28-12-10-20(16-26(24)28)22-6-4-14-30-18-22/h1-18H. The molecule has 0 aliphatic carbocycles.